The molecular weight excluding hydrogens is 284 g/mol. The van der Waals surface area contributed by atoms with Crippen LogP contribution in [0.2, 0.25) is 0 Å². The molecule has 2 aromatic carbocycles. The fourth-order valence-corrected chi connectivity index (χ4v) is 2.04. The van der Waals surface area contributed by atoms with Crippen LogP contribution in [0.25, 0.3) is 22.8 Å². The van der Waals surface area contributed by atoms with E-state index in [0.29, 0.717) is 23.2 Å². The largest absolute Gasteiger partial charge is 0.508 e. The minimum atomic E-state index is 0.187. The van der Waals surface area contributed by atoms with E-state index in [2.05, 4.69) is 10.1 Å². The van der Waals surface area contributed by atoms with Gasteiger partial charge in [-0.15, -0.1) is 0 Å². The van der Waals surface area contributed by atoms with Gasteiger partial charge >= 0.3 is 0 Å². The molecule has 0 atom stereocenters. The summed E-state index contributed by atoms with van der Waals surface area (Å²) in [5.74, 6) is 2.23. The van der Waals surface area contributed by atoms with E-state index in [0.717, 1.165) is 11.1 Å². The highest BCUT2D eigenvalue weighted by atomic mass is 16.5. The van der Waals surface area contributed by atoms with E-state index in [9.17, 15) is 5.11 Å². The molecule has 0 saturated heterocycles. The number of hydrogen-bond donors (Lipinski definition) is 1. The summed E-state index contributed by atoms with van der Waals surface area (Å²) >= 11 is 0. The van der Waals surface area contributed by atoms with Gasteiger partial charge in [-0.3, -0.25) is 0 Å². The average molecular weight is 298 g/mol. The lowest BCUT2D eigenvalue weighted by Crippen LogP contribution is -1.90. The zero-order valence-electron chi connectivity index (χ0n) is 12.1. The summed E-state index contributed by atoms with van der Waals surface area (Å²) in [4.78, 5) is 4.36. The molecule has 0 fully saturated rings. The maximum Gasteiger partial charge on any atom is 0.258 e. The molecule has 0 radical (unpaired) electrons. The van der Waals surface area contributed by atoms with Crippen LogP contribution >= 0.6 is 0 Å². The molecule has 22 heavy (non-hydrogen) atoms. The van der Waals surface area contributed by atoms with Crippen molar-refractivity contribution in [3.63, 3.8) is 0 Å². The van der Waals surface area contributed by atoms with Gasteiger partial charge in [0, 0.05) is 11.1 Å². The highest BCUT2D eigenvalue weighted by Gasteiger charge is 2.13. The summed E-state index contributed by atoms with van der Waals surface area (Å²) in [5.41, 5.74) is 1.49. The Kier molecular flexibility index (Phi) is 3.65. The number of nitrogens with zero attached hydrogens (tertiary/aromatic N) is 2. The van der Waals surface area contributed by atoms with Crippen LogP contribution in [-0.2, 0) is 0 Å². The Morgan fingerprint density at radius 1 is 0.909 bits per heavy atom. The fraction of sp³-hybridized carbons (Fsp3) is 0.125. The number of hydrogen-bond acceptors (Lipinski definition) is 6. The molecular formula is C16H14N2O4. The molecule has 1 N–H and O–H groups in total. The van der Waals surface area contributed by atoms with Gasteiger partial charge in [0.2, 0.25) is 5.82 Å². The maximum absolute atomic E-state index is 9.30. The quantitative estimate of drug-likeness (QED) is 0.797. The third-order valence-corrected chi connectivity index (χ3v) is 3.18. The van der Waals surface area contributed by atoms with Crippen LogP contribution in [-0.4, -0.2) is 29.5 Å². The van der Waals surface area contributed by atoms with Gasteiger partial charge in [-0.2, -0.15) is 4.98 Å². The molecule has 6 heteroatoms. The summed E-state index contributed by atoms with van der Waals surface area (Å²) < 4.78 is 15.7. The second kappa shape index (κ2) is 5.77. The standard InChI is InChI=1S/C16H14N2O4/c1-20-13-8-5-11(9-14(13)21-2)16-17-15(18-22-16)10-3-6-12(19)7-4-10/h3-9,19H,1-2H3. The van der Waals surface area contributed by atoms with Crippen LogP contribution in [0.4, 0.5) is 0 Å². The van der Waals surface area contributed by atoms with Gasteiger partial charge in [0.15, 0.2) is 11.5 Å². The molecule has 1 aromatic heterocycles. The Labute approximate surface area is 126 Å². The number of phenolic OH excluding ortho intramolecular Hbond substituents is 1. The van der Waals surface area contributed by atoms with E-state index >= 15 is 0 Å². The van der Waals surface area contributed by atoms with Gasteiger partial charge in [-0.1, -0.05) is 5.16 Å². The second-order valence-corrected chi connectivity index (χ2v) is 4.54. The van der Waals surface area contributed by atoms with Crippen molar-refractivity contribution in [2.24, 2.45) is 0 Å². The molecule has 0 aliphatic carbocycles. The Morgan fingerprint density at radius 2 is 1.59 bits per heavy atom. The molecule has 0 aliphatic rings. The number of benzene rings is 2. The third kappa shape index (κ3) is 2.58. The predicted octanol–water partition coefficient (Wildman–Crippen LogP) is 3.13. The van der Waals surface area contributed by atoms with Crippen LogP contribution in [0.5, 0.6) is 17.2 Å². The number of aromatic nitrogens is 2. The minimum Gasteiger partial charge on any atom is -0.508 e. The summed E-state index contributed by atoms with van der Waals surface area (Å²) in [7, 11) is 3.14. The molecule has 112 valence electrons. The molecule has 0 saturated carbocycles. The van der Waals surface area contributed by atoms with Gasteiger partial charge in [-0.25, -0.2) is 0 Å². The van der Waals surface area contributed by atoms with E-state index in [4.69, 9.17) is 14.0 Å². The smallest absolute Gasteiger partial charge is 0.258 e. The van der Waals surface area contributed by atoms with Gasteiger partial charge in [-0.05, 0) is 42.5 Å². The van der Waals surface area contributed by atoms with E-state index in [1.54, 1.807) is 50.6 Å². The van der Waals surface area contributed by atoms with Crippen LogP contribution in [0.3, 0.4) is 0 Å². The molecule has 3 aromatic rings. The maximum atomic E-state index is 9.30. The van der Waals surface area contributed by atoms with E-state index in [-0.39, 0.29) is 5.75 Å². The molecule has 6 nitrogen and oxygen atoms in total. The van der Waals surface area contributed by atoms with Gasteiger partial charge in [0.25, 0.3) is 5.89 Å². The minimum absolute atomic E-state index is 0.187. The van der Waals surface area contributed by atoms with Crippen LogP contribution in [0.15, 0.2) is 47.0 Å². The summed E-state index contributed by atoms with van der Waals surface area (Å²) in [6.45, 7) is 0. The van der Waals surface area contributed by atoms with Crippen molar-refractivity contribution in [1.82, 2.24) is 10.1 Å². The number of rotatable bonds is 4. The summed E-state index contributed by atoms with van der Waals surface area (Å²) in [6.07, 6.45) is 0. The Balaban J connectivity index is 1.95. The van der Waals surface area contributed by atoms with Crippen LogP contribution in [0, 0.1) is 0 Å². The zero-order chi connectivity index (χ0) is 15.5. The van der Waals surface area contributed by atoms with E-state index in [1.807, 2.05) is 6.07 Å². The number of methoxy groups -OCH3 is 2. The molecule has 0 amide bonds. The lowest BCUT2D eigenvalue weighted by atomic mass is 10.2. The third-order valence-electron chi connectivity index (χ3n) is 3.18. The SMILES string of the molecule is COc1ccc(-c2nc(-c3ccc(O)cc3)no2)cc1OC. The van der Waals surface area contributed by atoms with Crippen LogP contribution < -0.4 is 9.47 Å². The topological polar surface area (TPSA) is 77.6 Å². The Hall–Kier alpha value is -3.02. The van der Waals surface area contributed by atoms with Crippen molar-refractivity contribution >= 4 is 0 Å². The van der Waals surface area contributed by atoms with E-state index < -0.39 is 0 Å². The second-order valence-electron chi connectivity index (χ2n) is 4.54. The number of aromatic hydroxyl groups is 1. The fourth-order valence-electron chi connectivity index (χ4n) is 2.04. The van der Waals surface area contributed by atoms with Gasteiger partial charge < -0.3 is 19.1 Å². The van der Waals surface area contributed by atoms with Gasteiger partial charge in [0.1, 0.15) is 5.75 Å². The lowest BCUT2D eigenvalue weighted by Gasteiger charge is -2.07. The summed E-state index contributed by atoms with van der Waals surface area (Å²) in [6, 6.07) is 11.9. The van der Waals surface area contributed by atoms with Gasteiger partial charge in [0.05, 0.1) is 14.2 Å². The van der Waals surface area contributed by atoms with Crippen molar-refractivity contribution in [2.75, 3.05) is 14.2 Å². The molecule has 0 unspecified atom stereocenters. The molecule has 0 bridgehead atoms. The Bertz CT molecular complexity index is 781. The predicted molar refractivity (Wildman–Crippen MR) is 79.9 cm³/mol. The average Bonchev–Trinajstić information content (AvgIpc) is 3.05. The molecule has 3 rings (SSSR count). The van der Waals surface area contributed by atoms with Crippen molar-refractivity contribution in [1.29, 1.82) is 0 Å². The number of ether oxygens (including phenoxy) is 2. The first-order valence-corrected chi connectivity index (χ1v) is 6.57. The highest BCUT2D eigenvalue weighted by molar-refractivity contribution is 5.63. The van der Waals surface area contributed by atoms with Crippen molar-refractivity contribution in [3.8, 4) is 40.1 Å². The molecule has 1 heterocycles. The Morgan fingerprint density at radius 3 is 2.27 bits per heavy atom. The molecule has 0 aliphatic heterocycles. The zero-order valence-corrected chi connectivity index (χ0v) is 12.1. The lowest BCUT2D eigenvalue weighted by molar-refractivity contribution is 0.355. The monoisotopic (exact) mass is 298 g/mol. The first-order chi connectivity index (χ1) is 10.7. The first-order valence-electron chi connectivity index (χ1n) is 6.57. The molecule has 0 spiro atoms. The number of phenols is 1. The van der Waals surface area contributed by atoms with Crippen molar-refractivity contribution in [2.45, 2.75) is 0 Å². The normalized spacial score (nSPS) is 10.5. The first kappa shape index (κ1) is 13.9. The van der Waals surface area contributed by atoms with Crippen LogP contribution in [0.1, 0.15) is 0 Å². The van der Waals surface area contributed by atoms with Crippen molar-refractivity contribution < 1.29 is 19.1 Å². The summed E-state index contributed by atoms with van der Waals surface area (Å²) in [5, 5.41) is 13.3. The van der Waals surface area contributed by atoms with E-state index in [1.165, 1.54) is 0 Å². The van der Waals surface area contributed by atoms with Crippen molar-refractivity contribution in [3.05, 3.63) is 42.5 Å². The highest BCUT2D eigenvalue weighted by Crippen LogP contribution is 2.32.